The molecular weight excluding hydrogens is 582 g/mol. The van der Waals surface area contributed by atoms with Crippen molar-refractivity contribution in [3.8, 4) is 11.8 Å². The third-order valence-corrected chi connectivity index (χ3v) is 8.22. The number of carboxylic acid groups (broad SMARTS) is 1. The quantitative estimate of drug-likeness (QED) is 0.0605. The molecule has 266 valence electrons. The molecule has 0 aliphatic carbocycles. The monoisotopic (exact) mass is 652 g/mol. The molecule has 0 spiro atoms. The molecule has 0 saturated carbocycles. The number of nitrogens with zero attached hydrogens (tertiary/aromatic N) is 1. The number of aromatic nitrogens is 1. The van der Waals surface area contributed by atoms with E-state index in [2.05, 4.69) is 67.4 Å². The van der Waals surface area contributed by atoms with Crippen molar-refractivity contribution in [3.63, 3.8) is 0 Å². The Hall–Kier alpha value is -2.82. The molecule has 0 aromatic carbocycles. The van der Waals surface area contributed by atoms with Gasteiger partial charge in [0.1, 0.15) is 0 Å². The normalized spacial score (nSPS) is 12.0. The predicted molar refractivity (Wildman–Crippen MR) is 201 cm³/mol. The van der Waals surface area contributed by atoms with Crippen molar-refractivity contribution in [1.82, 2.24) is 4.98 Å². The highest BCUT2D eigenvalue weighted by Crippen LogP contribution is 2.20. The lowest BCUT2D eigenvalue weighted by molar-refractivity contribution is 0.0695. The number of ether oxygens (including phenoxy) is 2. The fourth-order valence-electron chi connectivity index (χ4n) is 5.29. The van der Waals surface area contributed by atoms with Crippen LogP contribution in [0.4, 0.5) is 0 Å². The molecule has 1 N–H and O–H groups in total. The molecule has 5 heteroatoms. The van der Waals surface area contributed by atoms with Gasteiger partial charge in [0, 0.05) is 12.1 Å². The summed E-state index contributed by atoms with van der Waals surface area (Å²) < 4.78 is 11.6. The van der Waals surface area contributed by atoms with Crippen molar-refractivity contribution < 1.29 is 19.4 Å². The maximum Gasteiger partial charge on any atom is 0.336 e. The standard InChI is InChI=1S/C42H69NO4/c1-3-5-7-9-11-13-15-17-19-21-23-25-27-29-31-33-35-46-40-37-39(42(44)45)38-41(43-40)47-36-34-32-30-28-26-24-22-20-18-16-14-12-10-8-6-4-2/h11-14,17-20,37-38H,3-10,15-16,21-36H2,1-2H3,(H,44,45). The van der Waals surface area contributed by atoms with E-state index in [4.69, 9.17) is 9.47 Å². The van der Waals surface area contributed by atoms with Gasteiger partial charge in [-0.2, -0.15) is 4.98 Å². The lowest BCUT2D eigenvalue weighted by Crippen LogP contribution is -2.06. The van der Waals surface area contributed by atoms with Crippen molar-refractivity contribution in [2.75, 3.05) is 13.2 Å². The Morgan fingerprint density at radius 2 is 0.872 bits per heavy atom. The second-order valence-corrected chi connectivity index (χ2v) is 12.7. The molecule has 0 saturated heterocycles. The van der Waals surface area contributed by atoms with Crippen LogP contribution in [0, 0.1) is 0 Å². The molecule has 0 radical (unpaired) electrons. The Kier molecular flexibility index (Phi) is 29.7. The van der Waals surface area contributed by atoms with E-state index >= 15 is 0 Å². The van der Waals surface area contributed by atoms with Gasteiger partial charge >= 0.3 is 5.97 Å². The SMILES string of the molecule is CCCCCC=CCC=CCCCCCCCCOc1cc(C(=O)O)cc(OCCCCCCCCC=CCC=CCCCCC)n1. The summed E-state index contributed by atoms with van der Waals surface area (Å²) >= 11 is 0. The maximum atomic E-state index is 11.6. The number of hydrogen-bond donors (Lipinski definition) is 1. The van der Waals surface area contributed by atoms with Gasteiger partial charge in [0.2, 0.25) is 11.8 Å². The second kappa shape index (κ2) is 33.1. The molecule has 0 amide bonds. The van der Waals surface area contributed by atoms with Gasteiger partial charge in [-0.1, -0.05) is 140 Å². The topological polar surface area (TPSA) is 68.7 Å². The highest BCUT2D eigenvalue weighted by molar-refractivity contribution is 5.88. The predicted octanol–water partition coefficient (Wildman–Crippen LogP) is 13.2. The lowest BCUT2D eigenvalue weighted by Gasteiger charge is -2.10. The summed E-state index contributed by atoms with van der Waals surface area (Å²) in [4.78, 5) is 16.0. The molecular formula is C42H69NO4. The average Bonchev–Trinajstić information content (AvgIpc) is 3.07. The highest BCUT2D eigenvalue weighted by atomic mass is 16.5. The third-order valence-electron chi connectivity index (χ3n) is 8.22. The van der Waals surface area contributed by atoms with Crippen LogP contribution in [0.5, 0.6) is 11.8 Å². The van der Waals surface area contributed by atoms with Crippen LogP contribution in [0.25, 0.3) is 0 Å². The van der Waals surface area contributed by atoms with Gasteiger partial charge in [0.05, 0.1) is 18.8 Å². The Morgan fingerprint density at radius 3 is 1.23 bits per heavy atom. The fourth-order valence-corrected chi connectivity index (χ4v) is 5.29. The van der Waals surface area contributed by atoms with E-state index in [0.717, 1.165) is 38.5 Å². The lowest BCUT2D eigenvalue weighted by atomic mass is 10.1. The molecule has 0 bridgehead atoms. The number of pyridine rings is 1. The van der Waals surface area contributed by atoms with E-state index in [1.165, 1.54) is 128 Å². The number of carbonyl (C=O) groups is 1. The van der Waals surface area contributed by atoms with Crippen LogP contribution in [-0.4, -0.2) is 29.3 Å². The van der Waals surface area contributed by atoms with E-state index in [-0.39, 0.29) is 5.56 Å². The van der Waals surface area contributed by atoms with Gasteiger partial charge in [0.25, 0.3) is 0 Å². The number of unbranched alkanes of at least 4 members (excludes halogenated alkanes) is 18. The largest absolute Gasteiger partial charge is 0.478 e. The van der Waals surface area contributed by atoms with Crippen molar-refractivity contribution in [2.24, 2.45) is 0 Å². The van der Waals surface area contributed by atoms with Crippen LogP contribution >= 0.6 is 0 Å². The van der Waals surface area contributed by atoms with Crippen molar-refractivity contribution in [2.45, 2.75) is 168 Å². The fraction of sp³-hybridized carbons (Fsp3) is 0.667. The summed E-state index contributed by atoms with van der Waals surface area (Å²) in [6.07, 6.45) is 47.1. The van der Waals surface area contributed by atoms with E-state index in [0.29, 0.717) is 25.0 Å². The number of hydrogen-bond acceptors (Lipinski definition) is 4. The molecule has 47 heavy (non-hydrogen) atoms. The summed E-state index contributed by atoms with van der Waals surface area (Å²) in [6, 6.07) is 2.98. The summed E-state index contributed by atoms with van der Waals surface area (Å²) in [5.74, 6) is -0.330. The first kappa shape index (κ1) is 42.2. The molecule has 0 atom stereocenters. The zero-order chi connectivity index (χ0) is 33.9. The number of carboxylic acids is 1. The molecule has 1 heterocycles. The zero-order valence-electron chi connectivity index (χ0n) is 30.3. The van der Waals surface area contributed by atoms with E-state index in [1.54, 1.807) is 0 Å². The van der Waals surface area contributed by atoms with Crippen molar-refractivity contribution in [1.29, 1.82) is 0 Å². The minimum Gasteiger partial charge on any atom is -0.478 e. The third kappa shape index (κ3) is 28.0. The molecule has 0 aliphatic rings. The van der Waals surface area contributed by atoms with Gasteiger partial charge in [-0.3, -0.25) is 0 Å². The first-order valence-corrected chi connectivity index (χ1v) is 19.3. The van der Waals surface area contributed by atoms with Gasteiger partial charge in [-0.15, -0.1) is 0 Å². The van der Waals surface area contributed by atoms with E-state index < -0.39 is 5.97 Å². The highest BCUT2D eigenvalue weighted by Gasteiger charge is 2.10. The minimum atomic E-state index is -0.996. The number of aromatic carboxylic acids is 1. The van der Waals surface area contributed by atoms with Gasteiger partial charge in [0.15, 0.2) is 0 Å². The first-order valence-electron chi connectivity index (χ1n) is 19.3. The van der Waals surface area contributed by atoms with Gasteiger partial charge in [-0.05, 0) is 77.0 Å². The summed E-state index contributed by atoms with van der Waals surface area (Å²) in [5, 5.41) is 9.52. The molecule has 0 aliphatic heterocycles. The maximum absolute atomic E-state index is 11.6. The number of rotatable bonds is 33. The Balaban J connectivity index is 2.08. The Bertz CT molecular complexity index is 913. The molecule has 1 rings (SSSR count). The van der Waals surface area contributed by atoms with Crippen LogP contribution in [0.1, 0.15) is 178 Å². The van der Waals surface area contributed by atoms with Crippen molar-refractivity contribution >= 4 is 5.97 Å². The summed E-state index contributed by atoms with van der Waals surface area (Å²) in [7, 11) is 0. The van der Waals surface area contributed by atoms with Crippen LogP contribution in [0.2, 0.25) is 0 Å². The average molecular weight is 652 g/mol. The number of allylic oxidation sites excluding steroid dienone is 8. The molecule has 1 aromatic heterocycles. The Labute approximate surface area is 289 Å². The summed E-state index contributed by atoms with van der Waals surface area (Å²) in [5.41, 5.74) is 0.152. The van der Waals surface area contributed by atoms with Crippen LogP contribution in [0.3, 0.4) is 0 Å². The van der Waals surface area contributed by atoms with Crippen LogP contribution < -0.4 is 9.47 Å². The minimum absolute atomic E-state index is 0.152. The van der Waals surface area contributed by atoms with Gasteiger partial charge < -0.3 is 14.6 Å². The van der Waals surface area contributed by atoms with Gasteiger partial charge in [-0.25, -0.2) is 4.79 Å². The van der Waals surface area contributed by atoms with Crippen molar-refractivity contribution in [3.05, 3.63) is 66.3 Å². The second-order valence-electron chi connectivity index (χ2n) is 12.7. The smallest absolute Gasteiger partial charge is 0.336 e. The molecule has 0 unspecified atom stereocenters. The van der Waals surface area contributed by atoms with Crippen LogP contribution in [-0.2, 0) is 0 Å². The van der Waals surface area contributed by atoms with E-state index in [1.807, 2.05) is 0 Å². The Morgan fingerprint density at radius 1 is 0.532 bits per heavy atom. The van der Waals surface area contributed by atoms with E-state index in [9.17, 15) is 9.90 Å². The molecule has 0 fully saturated rings. The molecule has 5 nitrogen and oxygen atoms in total. The summed E-state index contributed by atoms with van der Waals surface area (Å²) in [6.45, 7) is 5.57. The van der Waals surface area contributed by atoms with Crippen LogP contribution in [0.15, 0.2) is 60.7 Å². The molecule has 1 aromatic rings. The zero-order valence-corrected chi connectivity index (χ0v) is 30.3. The first-order chi connectivity index (χ1) is 23.2.